The summed E-state index contributed by atoms with van der Waals surface area (Å²) in [6.07, 6.45) is -3.89. The number of guanidine groups is 1. The van der Waals surface area contributed by atoms with Gasteiger partial charge in [0.2, 0.25) is 0 Å². The molecule has 2 aliphatic heterocycles. The van der Waals surface area contributed by atoms with E-state index >= 15 is 0 Å². The van der Waals surface area contributed by atoms with E-state index in [0.29, 0.717) is 45.1 Å². The zero-order chi connectivity index (χ0) is 20.2. The van der Waals surface area contributed by atoms with E-state index in [2.05, 4.69) is 15.6 Å². The van der Waals surface area contributed by atoms with Gasteiger partial charge in [0.05, 0.1) is 12.6 Å². The standard InChI is InChI=1S/C17H30F3N5O2.HI/c1-5-21-14(22-12-6-7-24(8-12)11-17(18,19)20)23-13-9-25(10-13)15(26)27-16(2,3)4;/h12-13H,5-11H2,1-4H3,(H2,21,22,23);1H. The largest absolute Gasteiger partial charge is 0.444 e. The highest BCUT2D eigenvalue weighted by Gasteiger charge is 2.36. The third-order valence-electron chi connectivity index (χ3n) is 4.21. The number of rotatable bonds is 4. The fraction of sp³-hybridized carbons (Fsp3) is 0.882. The summed E-state index contributed by atoms with van der Waals surface area (Å²) in [5.74, 6) is 0.574. The molecule has 2 aliphatic rings. The van der Waals surface area contributed by atoms with Crippen molar-refractivity contribution in [3.63, 3.8) is 0 Å². The molecule has 0 aliphatic carbocycles. The van der Waals surface area contributed by atoms with Crippen molar-refractivity contribution in [3.8, 4) is 0 Å². The highest BCUT2D eigenvalue weighted by Crippen LogP contribution is 2.20. The average Bonchev–Trinajstić information content (AvgIpc) is 2.85. The number of carbonyl (C=O) groups is 1. The van der Waals surface area contributed by atoms with Gasteiger partial charge >= 0.3 is 12.3 Å². The molecule has 0 radical (unpaired) electrons. The highest BCUT2D eigenvalue weighted by atomic mass is 127. The summed E-state index contributed by atoms with van der Waals surface area (Å²) in [5, 5.41) is 6.45. The zero-order valence-corrected chi connectivity index (χ0v) is 19.1. The van der Waals surface area contributed by atoms with Crippen LogP contribution >= 0.6 is 24.0 Å². The fourth-order valence-corrected chi connectivity index (χ4v) is 3.07. The minimum atomic E-state index is -4.18. The minimum Gasteiger partial charge on any atom is -0.444 e. The number of carbonyl (C=O) groups excluding carboxylic acids is 1. The third kappa shape index (κ3) is 8.58. The molecule has 0 saturated carbocycles. The van der Waals surface area contributed by atoms with Crippen LogP contribution in [0.1, 0.15) is 34.1 Å². The number of amides is 1. The van der Waals surface area contributed by atoms with E-state index in [0.717, 1.165) is 0 Å². The maximum atomic E-state index is 12.5. The van der Waals surface area contributed by atoms with Crippen LogP contribution < -0.4 is 10.6 Å². The lowest BCUT2D eigenvalue weighted by Gasteiger charge is -2.40. The lowest BCUT2D eigenvalue weighted by molar-refractivity contribution is -0.143. The molecule has 2 N–H and O–H groups in total. The molecule has 0 bridgehead atoms. The van der Waals surface area contributed by atoms with Crippen LogP contribution in [-0.4, -0.2) is 85.0 Å². The summed E-state index contributed by atoms with van der Waals surface area (Å²) in [5.41, 5.74) is -0.531. The van der Waals surface area contributed by atoms with Crippen LogP contribution in [0.5, 0.6) is 0 Å². The van der Waals surface area contributed by atoms with Crippen molar-refractivity contribution in [1.29, 1.82) is 0 Å². The number of hydrogen-bond donors (Lipinski definition) is 2. The lowest BCUT2D eigenvalue weighted by atomic mass is 10.1. The number of likely N-dealkylation sites (tertiary alicyclic amines) is 2. The Morgan fingerprint density at radius 3 is 2.29 bits per heavy atom. The van der Waals surface area contributed by atoms with Crippen LogP contribution in [0.2, 0.25) is 0 Å². The Morgan fingerprint density at radius 1 is 1.14 bits per heavy atom. The molecule has 164 valence electrons. The molecule has 2 rings (SSSR count). The maximum absolute atomic E-state index is 12.5. The number of alkyl halides is 3. The van der Waals surface area contributed by atoms with Gasteiger partial charge in [0, 0.05) is 38.8 Å². The van der Waals surface area contributed by atoms with Gasteiger partial charge < -0.3 is 20.3 Å². The fourth-order valence-electron chi connectivity index (χ4n) is 3.07. The summed E-state index contributed by atoms with van der Waals surface area (Å²) >= 11 is 0. The Morgan fingerprint density at radius 2 is 1.75 bits per heavy atom. The predicted molar refractivity (Wildman–Crippen MR) is 112 cm³/mol. The molecule has 2 saturated heterocycles. The second-order valence-electron chi connectivity index (χ2n) is 8.03. The topological polar surface area (TPSA) is 69.2 Å². The van der Waals surface area contributed by atoms with Gasteiger partial charge in [-0.1, -0.05) is 0 Å². The molecule has 2 heterocycles. The van der Waals surface area contributed by atoms with Crippen LogP contribution in [-0.2, 0) is 4.74 Å². The summed E-state index contributed by atoms with van der Waals surface area (Å²) in [7, 11) is 0. The maximum Gasteiger partial charge on any atom is 0.410 e. The second kappa shape index (κ2) is 10.2. The number of hydrogen-bond acceptors (Lipinski definition) is 4. The van der Waals surface area contributed by atoms with Gasteiger partial charge in [0.15, 0.2) is 5.96 Å². The molecule has 0 aromatic rings. The molecule has 28 heavy (non-hydrogen) atoms. The number of ether oxygens (including phenoxy) is 1. The van der Waals surface area contributed by atoms with Gasteiger partial charge in [0.25, 0.3) is 0 Å². The van der Waals surface area contributed by atoms with Gasteiger partial charge in [-0.3, -0.25) is 9.89 Å². The van der Waals surface area contributed by atoms with Crippen molar-refractivity contribution in [2.75, 3.05) is 39.3 Å². The molecule has 1 amide bonds. The van der Waals surface area contributed by atoms with Crippen LogP contribution in [0.4, 0.5) is 18.0 Å². The van der Waals surface area contributed by atoms with E-state index in [9.17, 15) is 18.0 Å². The van der Waals surface area contributed by atoms with Crippen LogP contribution in [0.3, 0.4) is 0 Å². The summed E-state index contributed by atoms with van der Waals surface area (Å²) in [6.45, 7) is 8.77. The van der Waals surface area contributed by atoms with Crippen LogP contribution in [0.15, 0.2) is 4.99 Å². The molecule has 0 aromatic heterocycles. The van der Waals surface area contributed by atoms with Crippen molar-refractivity contribution < 1.29 is 22.7 Å². The summed E-state index contributed by atoms with van der Waals surface area (Å²) in [6, 6.07) is -0.0322. The summed E-state index contributed by atoms with van der Waals surface area (Å²) < 4.78 is 42.8. The van der Waals surface area contributed by atoms with Gasteiger partial charge in [-0.2, -0.15) is 13.2 Å². The van der Waals surface area contributed by atoms with Crippen molar-refractivity contribution >= 4 is 36.0 Å². The Kier molecular flexibility index (Phi) is 9.10. The quantitative estimate of drug-likeness (QED) is 0.338. The Bertz CT molecular complexity index is 548. The first-order valence-corrected chi connectivity index (χ1v) is 9.29. The Balaban J connectivity index is 0.00000392. The number of halogens is 4. The number of nitrogens with one attached hydrogen (secondary N) is 2. The van der Waals surface area contributed by atoms with Crippen LogP contribution in [0.25, 0.3) is 0 Å². The van der Waals surface area contributed by atoms with Gasteiger partial charge in [0.1, 0.15) is 5.60 Å². The van der Waals surface area contributed by atoms with E-state index in [-0.39, 0.29) is 42.2 Å². The molecule has 1 atom stereocenters. The van der Waals surface area contributed by atoms with E-state index in [4.69, 9.17) is 4.74 Å². The third-order valence-corrected chi connectivity index (χ3v) is 4.21. The van der Waals surface area contributed by atoms with E-state index < -0.39 is 18.3 Å². The smallest absolute Gasteiger partial charge is 0.410 e. The average molecular weight is 521 g/mol. The monoisotopic (exact) mass is 521 g/mol. The zero-order valence-electron chi connectivity index (χ0n) is 16.8. The second-order valence-corrected chi connectivity index (χ2v) is 8.03. The molecule has 2 fully saturated rings. The van der Waals surface area contributed by atoms with Crippen LogP contribution in [0, 0.1) is 0 Å². The molecular formula is C17H31F3IN5O2. The first-order valence-electron chi connectivity index (χ1n) is 9.29. The van der Waals surface area contributed by atoms with E-state index in [1.54, 1.807) is 4.90 Å². The van der Waals surface area contributed by atoms with Gasteiger partial charge in [-0.05, 0) is 34.1 Å². The van der Waals surface area contributed by atoms with Crippen molar-refractivity contribution in [2.45, 2.75) is 58.0 Å². The highest BCUT2D eigenvalue weighted by molar-refractivity contribution is 14.0. The van der Waals surface area contributed by atoms with Crippen molar-refractivity contribution in [1.82, 2.24) is 20.4 Å². The van der Waals surface area contributed by atoms with E-state index in [1.165, 1.54) is 4.90 Å². The summed E-state index contributed by atoms with van der Waals surface area (Å²) in [4.78, 5) is 19.3. The van der Waals surface area contributed by atoms with Crippen molar-refractivity contribution in [3.05, 3.63) is 0 Å². The molecule has 7 nitrogen and oxygen atoms in total. The molecule has 0 spiro atoms. The SMILES string of the molecule is CCN=C(NC1CCN(CC(F)(F)F)C1)NC1CN(C(=O)OC(C)(C)C)C1.I. The van der Waals surface area contributed by atoms with Gasteiger partial charge in [-0.25, -0.2) is 4.79 Å². The Hall–Kier alpha value is -0.980. The first-order chi connectivity index (χ1) is 12.4. The molecule has 1 unspecified atom stereocenters. The van der Waals surface area contributed by atoms with Gasteiger partial charge in [-0.15, -0.1) is 24.0 Å². The van der Waals surface area contributed by atoms with E-state index in [1.807, 2.05) is 27.7 Å². The normalized spacial score (nSPS) is 21.8. The Labute approximate surface area is 181 Å². The minimum absolute atomic E-state index is 0. The number of aliphatic imine (C=N–C) groups is 1. The first kappa shape index (κ1) is 25.1. The predicted octanol–water partition coefficient (Wildman–Crippen LogP) is 2.42. The van der Waals surface area contributed by atoms with Crippen molar-refractivity contribution in [2.24, 2.45) is 4.99 Å². The molecular weight excluding hydrogens is 490 g/mol. The molecule has 11 heteroatoms. The molecule has 0 aromatic carbocycles. The lowest BCUT2D eigenvalue weighted by Crippen LogP contribution is -2.63. The number of nitrogens with zero attached hydrogens (tertiary/aromatic N) is 3.